The zero-order valence-corrected chi connectivity index (χ0v) is 8.63. The van der Waals surface area contributed by atoms with Crippen molar-refractivity contribution in [2.24, 2.45) is 0 Å². The maximum Gasteiger partial charge on any atom is 0.149 e. The predicted molar refractivity (Wildman–Crippen MR) is 55.2 cm³/mol. The highest BCUT2D eigenvalue weighted by Crippen LogP contribution is 2.05. The van der Waals surface area contributed by atoms with Gasteiger partial charge < -0.3 is 0 Å². The van der Waals surface area contributed by atoms with Crippen molar-refractivity contribution < 1.29 is 4.79 Å². The van der Waals surface area contributed by atoms with E-state index in [0.717, 1.165) is 24.7 Å². The van der Waals surface area contributed by atoms with Crippen LogP contribution in [0.5, 0.6) is 0 Å². The van der Waals surface area contributed by atoms with Gasteiger partial charge in [-0.2, -0.15) is 0 Å². The Morgan fingerprint density at radius 3 is 2.00 bits per heavy atom. The third-order valence-corrected chi connectivity index (χ3v) is 1.16. The first-order chi connectivity index (χ1) is 5.93. The molecule has 0 saturated carbocycles. The molecule has 0 aliphatic heterocycles. The Hall–Kier alpha value is -0.850. The monoisotopic (exact) mass is 168 g/mol. The lowest BCUT2D eigenvalue weighted by atomic mass is 10.1. The highest BCUT2D eigenvalue weighted by molar-refractivity contribution is 5.77. The minimum Gasteiger partial charge on any atom is -0.298 e. The van der Waals surface area contributed by atoms with Gasteiger partial charge in [0.2, 0.25) is 0 Å². The second-order valence-electron chi connectivity index (χ2n) is 1.80. The van der Waals surface area contributed by atoms with E-state index in [9.17, 15) is 4.79 Å². The van der Waals surface area contributed by atoms with Gasteiger partial charge >= 0.3 is 0 Å². The third kappa shape index (κ3) is 7.26. The zero-order valence-electron chi connectivity index (χ0n) is 8.63. The van der Waals surface area contributed by atoms with Crippen LogP contribution in [-0.2, 0) is 4.79 Å². The molecule has 0 radical (unpaired) electrons. The minimum absolute atomic E-state index is 0.816. The number of allylic oxidation sites excluding steroid dienone is 4. The van der Waals surface area contributed by atoms with Crippen molar-refractivity contribution in [3.63, 3.8) is 0 Å². The van der Waals surface area contributed by atoms with Crippen molar-refractivity contribution in [1.29, 1.82) is 0 Å². The molecule has 0 aromatic carbocycles. The first-order valence-electron chi connectivity index (χ1n) is 4.75. The molecule has 1 aliphatic rings. The molecular formula is C11H20O. The van der Waals surface area contributed by atoms with Crippen LogP contribution >= 0.6 is 0 Å². The largest absolute Gasteiger partial charge is 0.298 e. The fraction of sp³-hybridized carbons (Fsp3) is 0.545. The van der Waals surface area contributed by atoms with Crippen molar-refractivity contribution in [2.45, 2.75) is 40.5 Å². The van der Waals surface area contributed by atoms with Crippen molar-refractivity contribution in [3.05, 3.63) is 23.8 Å². The molecule has 12 heavy (non-hydrogen) atoms. The summed E-state index contributed by atoms with van der Waals surface area (Å²) in [7, 11) is 0. The number of hydrogen-bond donors (Lipinski definition) is 0. The van der Waals surface area contributed by atoms with Gasteiger partial charge in [-0.25, -0.2) is 0 Å². The second kappa shape index (κ2) is 12.8. The molecule has 0 aromatic heterocycles. The lowest BCUT2D eigenvalue weighted by Crippen LogP contribution is -1.83. The first kappa shape index (κ1) is 13.7. The summed E-state index contributed by atoms with van der Waals surface area (Å²) in [5.41, 5.74) is 0.816. The average Bonchev–Trinajstić information content (AvgIpc) is 2.25. The summed E-state index contributed by atoms with van der Waals surface area (Å²) in [5.74, 6) is 0. The molecule has 0 spiro atoms. The summed E-state index contributed by atoms with van der Waals surface area (Å²) in [6, 6.07) is 0. The quantitative estimate of drug-likeness (QED) is 0.547. The highest BCUT2D eigenvalue weighted by atomic mass is 16.1. The fourth-order valence-corrected chi connectivity index (χ4v) is 0.721. The van der Waals surface area contributed by atoms with E-state index in [1.165, 1.54) is 0 Å². The fourth-order valence-electron chi connectivity index (χ4n) is 0.721. The van der Waals surface area contributed by atoms with Crippen molar-refractivity contribution in [2.75, 3.05) is 0 Å². The smallest absolute Gasteiger partial charge is 0.149 e. The molecule has 0 saturated heterocycles. The number of aldehydes is 1. The topological polar surface area (TPSA) is 17.1 Å². The van der Waals surface area contributed by atoms with Crippen LogP contribution in [0.25, 0.3) is 0 Å². The maximum atomic E-state index is 10.0. The molecule has 1 heteroatoms. The van der Waals surface area contributed by atoms with E-state index in [1.54, 1.807) is 0 Å². The maximum absolute atomic E-state index is 10.0. The highest BCUT2D eigenvalue weighted by Gasteiger charge is 1.91. The lowest BCUT2D eigenvalue weighted by molar-refractivity contribution is -0.104. The van der Waals surface area contributed by atoms with E-state index in [0.29, 0.717) is 0 Å². The number of carbonyl (C=O) groups is 1. The van der Waals surface area contributed by atoms with E-state index in [1.807, 2.05) is 45.9 Å². The average molecular weight is 168 g/mol. The number of hydrogen-bond acceptors (Lipinski definition) is 1. The minimum atomic E-state index is 0.816. The second-order valence-corrected chi connectivity index (χ2v) is 1.80. The molecule has 1 nitrogen and oxygen atoms in total. The first-order valence-corrected chi connectivity index (χ1v) is 4.75. The van der Waals surface area contributed by atoms with Crippen LogP contribution in [0.15, 0.2) is 23.8 Å². The lowest BCUT2D eigenvalue weighted by Gasteiger charge is -1.95. The summed E-state index contributed by atoms with van der Waals surface area (Å²) in [5, 5.41) is 0. The number of carbonyl (C=O) groups excluding carboxylic acids is 1. The standard InChI is InChI=1S/C7H8O.2C2H6/c8-6-7-4-2-1-3-5-7;2*1-2/h2,4-6H,1,3H2;2*1-2H3. The molecular weight excluding hydrogens is 148 g/mol. The van der Waals surface area contributed by atoms with Gasteiger partial charge in [0.15, 0.2) is 0 Å². The molecule has 0 fully saturated rings. The van der Waals surface area contributed by atoms with E-state index in [2.05, 4.69) is 0 Å². The molecule has 1 aliphatic carbocycles. The van der Waals surface area contributed by atoms with Gasteiger partial charge in [-0.05, 0) is 12.8 Å². The Morgan fingerprint density at radius 1 is 1.17 bits per heavy atom. The van der Waals surface area contributed by atoms with Crippen LogP contribution < -0.4 is 0 Å². The Morgan fingerprint density at radius 2 is 1.75 bits per heavy atom. The summed E-state index contributed by atoms with van der Waals surface area (Å²) in [6.45, 7) is 8.00. The molecule has 0 amide bonds. The van der Waals surface area contributed by atoms with Gasteiger partial charge in [0.25, 0.3) is 0 Å². The van der Waals surface area contributed by atoms with Crippen molar-refractivity contribution in [1.82, 2.24) is 0 Å². The van der Waals surface area contributed by atoms with Crippen LogP contribution in [0.1, 0.15) is 40.5 Å². The molecule has 0 bridgehead atoms. The molecule has 1 rings (SSSR count). The summed E-state index contributed by atoms with van der Waals surface area (Å²) < 4.78 is 0. The Bertz CT molecular complexity index is 143. The van der Waals surface area contributed by atoms with Crippen LogP contribution in [0.3, 0.4) is 0 Å². The molecule has 0 atom stereocenters. The molecule has 0 N–H and O–H groups in total. The number of rotatable bonds is 1. The zero-order chi connectivity index (χ0) is 9.82. The van der Waals surface area contributed by atoms with Crippen molar-refractivity contribution in [3.8, 4) is 0 Å². The van der Waals surface area contributed by atoms with Gasteiger partial charge in [-0.1, -0.05) is 45.9 Å². The predicted octanol–water partition coefficient (Wildman–Crippen LogP) is 3.51. The van der Waals surface area contributed by atoms with Gasteiger partial charge in [0.1, 0.15) is 6.29 Å². The van der Waals surface area contributed by atoms with Gasteiger partial charge in [-0.15, -0.1) is 0 Å². The summed E-state index contributed by atoms with van der Waals surface area (Å²) in [4.78, 5) is 10.0. The van der Waals surface area contributed by atoms with Crippen molar-refractivity contribution >= 4 is 6.29 Å². The normalized spacial score (nSPS) is 12.8. The van der Waals surface area contributed by atoms with E-state index >= 15 is 0 Å². The molecule has 0 unspecified atom stereocenters. The van der Waals surface area contributed by atoms with Crippen LogP contribution in [-0.4, -0.2) is 6.29 Å². The Kier molecular flexibility index (Phi) is 14.6. The third-order valence-electron chi connectivity index (χ3n) is 1.16. The Balaban J connectivity index is 0. The Labute approximate surface area is 76.2 Å². The van der Waals surface area contributed by atoms with E-state index in [4.69, 9.17) is 0 Å². The van der Waals surface area contributed by atoms with Gasteiger partial charge in [-0.3, -0.25) is 4.79 Å². The van der Waals surface area contributed by atoms with Crippen LogP contribution in [0.4, 0.5) is 0 Å². The molecule has 0 aromatic rings. The van der Waals surface area contributed by atoms with Crippen LogP contribution in [0, 0.1) is 0 Å². The molecule has 70 valence electrons. The van der Waals surface area contributed by atoms with Gasteiger partial charge in [0, 0.05) is 5.57 Å². The van der Waals surface area contributed by atoms with Crippen LogP contribution in [0.2, 0.25) is 0 Å². The summed E-state index contributed by atoms with van der Waals surface area (Å²) in [6.07, 6.45) is 8.81. The van der Waals surface area contributed by atoms with E-state index < -0.39 is 0 Å². The summed E-state index contributed by atoms with van der Waals surface area (Å²) >= 11 is 0. The SMILES string of the molecule is CC.CC.O=CC1=CCCC=C1. The van der Waals surface area contributed by atoms with Gasteiger partial charge in [0.05, 0.1) is 0 Å². The van der Waals surface area contributed by atoms with E-state index in [-0.39, 0.29) is 0 Å². The molecule has 0 heterocycles.